The van der Waals surface area contributed by atoms with E-state index >= 15 is 0 Å². The Kier molecular flexibility index (Phi) is 4.24. The van der Waals surface area contributed by atoms with Gasteiger partial charge in [0, 0.05) is 18.7 Å². The molecule has 1 aromatic rings. The van der Waals surface area contributed by atoms with Crippen LogP contribution in [-0.4, -0.2) is 28.4 Å². The van der Waals surface area contributed by atoms with Crippen molar-refractivity contribution in [1.82, 2.24) is 0 Å². The maximum Gasteiger partial charge on any atom is 0.164 e. The number of hydrogen-bond donors (Lipinski definition) is 0. The highest BCUT2D eigenvalue weighted by atomic mass is 16.5. The molecule has 0 bridgehead atoms. The van der Waals surface area contributed by atoms with Gasteiger partial charge in [-0.25, -0.2) is 0 Å². The predicted octanol–water partition coefficient (Wildman–Crippen LogP) is 1.86. The lowest BCUT2D eigenvalue weighted by Gasteiger charge is -2.13. The third-order valence-corrected chi connectivity index (χ3v) is 2.09. The van der Waals surface area contributed by atoms with Gasteiger partial charge in [0.05, 0.1) is 27.9 Å². The molecule has 0 N–H and O–H groups in total. The molecular weight excluding hydrogens is 196 g/mol. The molecule has 0 aliphatic carbocycles. The van der Waals surface area contributed by atoms with Crippen molar-refractivity contribution in [1.29, 1.82) is 0 Å². The summed E-state index contributed by atoms with van der Waals surface area (Å²) in [6.07, 6.45) is 0. The van der Waals surface area contributed by atoms with Crippen molar-refractivity contribution >= 4 is 0 Å². The first kappa shape index (κ1) is 11.7. The summed E-state index contributed by atoms with van der Waals surface area (Å²) in [5, 5.41) is 0. The van der Waals surface area contributed by atoms with E-state index in [-0.39, 0.29) is 0 Å². The minimum atomic E-state index is 0.476. The Balaban J connectivity index is 3.15. The average molecular weight is 212 g/mol. The van der Waals surface area contributed by atoms with E-state index in [1.165, 1.54) is 0 Å². The van der Waals surface area contributed by atoms with E-state index in [4.69, 9.17) is 18.9 Å². The van der Waals surface area contributed by atoms with Crippen LogP contribution in [0, 0.1) is 0 Å². The zero-order chi connectivity index (χ0) is 11.3. The lowest BCUT2D eigenvalue weighted by molar-refractivity contribution is 0.181. The van der Waals surface area contributed by atoms with Crippen LogP contribution >= 0.6 is 0 Å². The number of methoxy groups -OCH3 is 4. The lowest BCUT2D eigenvalue weighted by atomic mass is 10.2. The second-order valence-corrected chi connectivity index (χ2v) is 2.95. The maximum absolute atomic E-state index is 5.22. The van der Waals surface area contributed by atoms with Gasteiger partial charge >= 0.3 is 0 Å². The highest BCUT2D eigenvalue weighted by Crippen LogP contribution is 2.34. The second-order valence-electron chi connectivity index (χ2n) is 2.95. The van der Waals surface area contributed by atoms with E-state index in [2.05, 4.69) is 0 Å². The van der Waals surface area contributed by atoms with E-state index in [1.807, 2.05) is 6.07 Å². The molecule has 0 amide bonds. The summed E-state index contributed by atoms with van der Waals surface area (Å²) in [5.74, 6) is 2.05. The molecule has 0 atom stereocenters. The van der Waals surface area contributed by atoms with Crippen LogP contribution in [-0.2, 0) is 11.3 Å². The molecule has 0 saturated carbocycles. The van der Waals surface area contributed by atoms with Gasteiger partial charge in [0.2, 0.25) is 0 Å². The van der Waals surface area contributed by atoms with Crippen LogP contribution in [0.2, 0.25) is 0 Å². The molecule has 84 valence electrons. The Morgan fingerprint density at radius 3 is 1.80 bits per heavy atom. The Morgan fingerprint density at radius 1 is 0.800 bits per heavy atom. The fourth-order valence-corrected chi connectivity index (χ4v) is 1.36. The topological polar surface area (TPSA) is 36.9 Å². The highest BCUT2D eigenvalue weighted by molar-refractivity contribution is 5.50. The van der Waals surface area contributed by atoms with Crippen molar-refractivity contribution in [3.8, 4) is 17.2 Å². The standard InChI is InChI=1S/C11H16O4/c1-12-7-8-5-10(14-3)11(15-4)6-9(8)13-2/h5-6H,7H2,1-4H3. The van der Waals surface area contributed by atoms with Gasteiger partial charge in [-0.2, -0.15) is 0 Å². The number of benzene rings is 1. The van der Waals surface area contributed by atoms with Crippen LogP contribution in [0.1, 0.15) is 5.56 Å². The van der Waals surface area contributed by atoms with E-state index in [0.29, 0.717) is 18.1 Å². The number of hydrogen-bond acceptors (Lipinski definition) is 4. The summed E-state index contributed by atoms with van der Waals surface area (Å²) < 4.78 is 20.6. The largest absolute Gasteiger partial charge is 0.496 e. The molecule has 4 heteroatoms. The second kappa shape index (κ2) is 5.46. The van der Waals surface area contributed by atoms with E-state index in [1.54, 1.807) is 34.5 Å². The summed E-state index contributed by atoms with van der Waals surface area (Å²) >= 11 is 0. The summed E-state index contributed by atoms with van der Waals surface area (Å²) in [6.45, 7) is 0.476. The van der Waals surface area contributed by atoms with Crippen molar-refractivity contribution in [2.45, 2.75) is 6.61 Å². The molecule has 4 nitrogen and oxygen atoms in total. The molecule has 0 aromatic heterocycles. The molecule has 0 heterocycles. The van der Waals surface area contributed by atoms with E-state index in [0.717, 1.165) is 11.3 Å². The van der Waals surface area contributed by atoms with E-state index < -0.39 is 0 Å². The Hall–Kier alpha value is -1.42. The number of rotatable bonds is 5. The van der Waals surface area contributed by atoms with Crippen molar-refractivity contribution in [3.63, 3.8) is 0 Å². The molecule has 0 aliphatic rings. The summed E-state index contributed by atoms with van der Waals surface area (Å²) in [5.41, 5.74) is 0.928. The minimum absolute atomic E-state index is 0.476. The van der Waals surface area contributed by atoms with Gasteiger partial charge in [0.1, 0.15) is 5.75 Å². The molecule has 15 heavy (non-hydrogen) atoms. The third kappa shape index (κ3) is 2.53. The zero-order valence-corrected chi connectivity index (χ0v) is 9.49. The zero-order valence-electron chi connectivity index (χ0n) is 9.49. The Morgan fingerprint density at radius 2 is 1.33 bits per heavy atom. The first-order chi connectivity index (χ1) is 7.26. The third-order valence-electron chi connectivity index (χ3n) is 2.09. The van der Waals surface area contributed by atoms with Crippen molar-refractivity contribution < 1.29 is 18.9 Å². The van der Waals surface area contributed by atoms with Gasteiger partial charge < -0.3 is 18.9 Å². The molecule has 0 aliphatic heterocycles. The molecule has 0 unspecified atom stereocenters. The molecule has 1 rings (SSSR count). The fraction of sp³-hybridized carbons (Fsp3) is 0.455. The molecule has 1 aromatic carbocycles. The van der Waals surface area contributed by atoms with E-state index in [9.17, 15) is 0 Å². The first-order valence-corrected chi connectivity index (χ1v) is 4.54. The fourth-order valence-electron chi connectivity index (χ4n) is 1.36. The maximum atomic E-state index is 5.22. The summed E-state index contributed by atoms with van der Waals surface area (Å²) in [7, 11) is 6.44. The molecule has 0 spiro atoms. The van der Waals surface area contributed by atoms with Crippen LogP contribution in [0.5, 0.6) is 17.2 Å². The first-order valence-electron chi connectivity index (χ1n) is 4.54. The summed E-state index contributed by atoms with van der Waals surface area (Å²) in [4.78, 5) is 0. The predicted molar refractivity (Wildman–Crippen MR) is 56.8 cm³/mol. The van der Waals surface area contributed by atoms with Gasteiger partial charge in [-0.3, -0.25) is 0 Å². The molecule has 0 fully saturated rings. The van der Waals surface area contributed by atoms with Gasteiger partial charge in [-0.1, -0.05) is 0 Å². The SMILES string of the molecule is COCc1cc(OC)c(OC)cc1OC. The van der Waals surface area contributed by atoms with Crippen molar-refractivity contribution in [3.05, 3.63) is 17.7 Å². The molecule has 0 saturated heterocycles. The smallest absolute Gasteiger partial charge is 0.164 e. The van der Waals surface area contributed by atoms with Gasteiger partial charge in [-0.15, -0.1) is 0 Å². The minimum Gasteiger partial charge on any atom is -0.496 e. The average Bonchev–Trinajstić information content (AvgIpc) is 2.28. The normalized spacial score (nSPS) is 9.87. The Bertz CT molecular complexity index is 323. The van der Waals surface area contributed by atoms with Gasteiger partial charge in [0.15, 0.2) is 11.5 Å². The quantitative estimate of drug-likeness (QED) is 0.746. The Labute approximate surface area is 89.7 Å². The van der Waals surface area contributed by atoms with Crippen LogP contribution in [0.3, 0.4) is 0 Å². The molecular formula is C11H16O4. The summed E-state index contributed by atoms with van der Waals surface area (Å²) in [6, 6.07) is 3.63. The number of ether oxygens (including phenoxy) is 4. The van der Waals surface area contributed by atoms with Crippen LogP contribution in [0.15, 0.2) is 12.1 Å². The lowest BCUT2D eigenvalue weighted by Crippen LogP contribution is -1.98. The van der Waals surface area contributed by atoms with Crippen molar-refractivity contribution in [2.75, 3.05) is 28.4 Å². The van der Waals surface area contributed by atoms with Crippen LogP contribution in [0.4, 0.5) is 0 Å². The van der Waals surface area contributed by atoms with Crippen LogP contribution in [0.25, 0.3) is 0 Å². The van der Waals surface area contributed by atoms with Crippen LogP contribution < -0.4 is 14.2 Å². The monoisotopic (exact) mass is 212 g/mol. The molecule has 0 radical (unpaired) electrons. The highest BCUT2D eigenvalue weighted by Gasteiger charge is 2.11. The van der Waals surface area contributed by atoms with Crippen molar-refractivity contribution in [2.24, 2.45) is 0 Å². The van der Waals surface area contributed by atoms with Gasteiger partial charge in [-0.05, 0) is 6.07 Å². The van der Waals surface area contributed by atoms with Gasteiger partial charge in [0.25, 0.3) is 0 Å².